The second-order valence-electron chi connectivity index (χ2n) is 5.16. The number of phenolic OH excluding ortho intramolecular Hbond substituents is 1. The van der Waals surface area contributed by atoms with Crippen molar-refractivity contribution >= 4 is 0 Å². The summed E-state index contributed by atoms with van der Waals surface area (Å²) in [6.45, 7) is 1.27. The van der Waals surface area contributed by atoms with Crippen molar-refractivity contribution in [1.82, 2.24) is 0 Å². The Morgan fingerprint density at radius 3 is 2.17 bits per heavy atom. The van der Waals surface area contributed by atoms with E-state index in [1.807, 2.05) is 6.07 Å². The average Bonchev–Trinajstić information content (AvgIpc) is 2.83. The van der Waals surface area contributed by atoms with Crippen LogP contribution in [0.4, 0.5) is 0 Å². The Balaban J connectivity index is 1.80. The van der Waals surface area contributed by atoms with Gasteiger partial charge in [0.25, 0.3) is 0 Å². The minimum Gasteiger partial charge on any atom is -0.508 e. The summed E-state index contributed by atoms with van der Waals surface area (Å²) in [7, 11) is 0. The van der Waals surface area contributed by atoms with E-state index in [0.717, 1.165) is 0 Å². The van der Waals surface area contributed by atoms with Crippen LogP contribution < -0.4 is 0 Å². The number of aromatic hydroxyl groups is 1. The summed E-state index contributed by atoms with van der Waals surface area (Å²) >= 11 is 0. The van der Waals surface area contributed by atoms with Crippen molar-refractivity contribution < 1.29 is 19.7 Å². The van der Waals surface area contributed by atoms with Gasteiger partial charge in [0.2, 0.25) is 0 Å². The van der Waals surface area contributed by atoms with Crippen LogP contribution in [0, 0.1) is 0 Å². The summed E-state index contributed by atoms with van der Waals surface area (Å²) in [5, 5.41) is 20.6. The number of ether oxygens (including phenoxy) is 2. The summed E-state index contributed by atoms with van der Waals surface area (Å²) < 4.78 is 11.3. The minimum atomic E-state index is -0.966. The van der Waals surface area contributed by atoms with Crippen LogP contribution in [0.25, 0.3) is 0 Å². The molecule has 1 aliphatic heterocycles. The monoisotopic (exact) mass is 250 g/mol. The zero-order chi connectivity index (χ0) is 12.6. The normalized spacial score (nSPS) is 25.4. The molecule has 0 amide bonds. The summed E-state index contributed by atoms with van der Waals surface area (Å²) in [5.41, 5.74) is -0.357. The Hall–Kier alpha value is -1.10. The first kappa shape index (κ1) is 12.0. The highest BCUT2D eigenvalue weighted by Gasteiger charge is 2.46. The lowest BCUT2D eigenvalue weighted by molar-refractivity contribution is -0.204. The molecule has 0 atom stereocenters. The van der Waals surface area contributed by atoms with Crippen LogP contribution in [0.15, 0.2) is 24.3 Å². The van der Waals surface area contributed by atoms with Crippen LogP contribution in [0.1, 0.15) is 31.2 Å². The van der Waals surface area contributed by atoms with E-state index in [1.165, 1.54) is 0 Å². The third kappa shape index (κ3) is 1.90. The third-order valence-electron chi connectivity index (χ3n) is 4.06. The predicted octanol–water partition coefficient (Wildman–Crippen LogP) is 1.90. The molecular formula is C14H18O4. The van der Waals surface area contributed by atoms with Crippen molar-refractivity contribution in [3.63, 3.8) is 0 Å². The van der Waals surface area contributed by atoms with E-state index >= 15 is 0 Å². The number of hydrogen-bond acceptors (Lipinski definition) is 4. The number of benzene rings is 1. The van der Waals surface area contributed by atoms with Crippen LogP contribution in [-0.4, -0.2) is 29.2 Å². The van der Waals surface area contributed by atoms with Gasteiger partial charge in [-0.3, -0.25) is 0 Å². The highest BCUT2D eigenvalue weighted by atomic mass is 16.7. The van der Waals surface area contributed by atoms with Crippen LogP contribution in [0.3, 0.4) is 0 Å². The molecule has 4 nitrogen and oxygen atoms in total. The smallest absolute Gasteiger partial charge is 0.168 e. The molecule has 2 aliphatic rings. The highest BCUT2D eigenvalue weighted by Crippen LogP contribution is 2.46. The van der Waals surface area contributed by atoms with Gasteiger partial charge in [-0.2, -0.15) is 0 Å². The molecule has 1 saturated heterocycles. The first-order valence-corrected chi connectivity index (χ1v) is 6.42. The van der Waals surface area contributed by atoms with Gasteiger partial charge in [0, 0.05) is 18.4 Å². The molecule has 2 N–H and O–H groups in total. The maximum atomic E-state index is 10.7. The number of aliphatic hydroxyl groups is 1. The number of para-hydroxylation sites is 1. The molecule has 0 bridgehead atoms. The predicted molar refractivity (Wildman–Crippen MR) is 65.1 cm³/mol. The standard InChI is InChI=1S/C14H18O4/c15-12-4-2-1-3-11(12)13(16)5-7-14(8-6-13)17-9-10-18-14/h1-4,15-16H,5-10H2. The number of phenols is 1. The second kappa shape index (κ2) is 4.23. The molecule has 1 heterocycles. The van der Waals surface area contributed by atoms with Crippen molar-refractivity contribution in [3.8, 4) is 5.75 Å². The molecule has 2 fully saturated rings. The van der Waals surface area contributed by atoms with Gasteiger partial charge in [0.15, 0.2) is 5.79 Å². The maximum Gasteiger partial charge on any atom is 0.168 e. The van der Waals surface area contributed by atoms with Gasteiger partial charge in [0.1, 0.15) is 5.75 Å². The van der Waals surface area contributed by atoms with Gasteiger partial charge in [0.05, 0.1) is 18.8 Å². The van der Waals surface area contributed by atoms with Gasteiger partial charge in [-0.05, 0) is 18.9 Å². The average molecular weight is 250 g/mol. The maximum absolute atomic E-state index is 10.7. The Morgan fingerprint density at radius 1 is 0.944 bits per heavy atom. The fourth-order valence-corrected chi connectivity index (χ4v) is 2.97. The molecule has 0 aromatic heterocycles. The van der Waals surface area contributed by atoms with Crippen LogP contribution in [0.5, 0.6) is 5.75 Å². The van der Waals surface area contributed by atoms with E-state index in [0.29, 0.717) is 44.5 Å². The Kier molecular flexibility index (Phi) is 2.81. The molecule has 1 saturated carbocycles. The lowest BCUT2D eigenvalue weighted by atomic mass is 9.77. The van der Waals surface area contributed by atoms with E-state index < -0.39 is 11.4 Å². The molecule has 18 heavy (non-hydrogen) atoms. The van der Waals surface area contributed by atoms with Crippen molar-refractivity contribution in [3.05, 3.63) is 29.8 Å². The highest BCUT2D eigenvalue weighted by molar-refractivity contribution is 5.37. The van der Waals surface area contributed by atoms with Crippen molar-refractivity contribution in [1.29, 1.82) is 0 Å². The van der Waals surface area contributed by atoms with Crippen LogP contribution in [-0.2, 0) is 15.1 Å². The zero-order valence-electron chi connectivity index (χ0n) is 10.3. The van der Waals surface area contributed by atoms with Crippen molar-refractivity contribution in [2.75, 3.05) is 13.2 Å². The second-order valence-corrected chi connectivity index (χ2v) is 5.16. The Labute approximate surface area is 106 Å². The SMILES string of the molecule is Oc1ccccc1C1(O)CCC2(CC1)OCCO2. The quantitative estimate of drug-likeness (QED) is 0.799. The van der Waals surface area contributed by atoms with Gasteiger partial charge in [-0.25, -0.2) is 0 Å². The van der Waals surface area contributed by atoms with Gasteiger partial charge < -0.3 is 19.7 Å². The van der Waals surface area contributed by atoms with Crippen LogP contribution in [0.2, 0.25) is 0 Å². The molecule has 0 unspecified atom stereocenters. The van der Waals surface area contributed by atoms with Crippen LogP contribution >= 0.6 is 0 Å². The summed E-state index contributed by atoms with van der Waals surface area (Å²) in [6, 6.07) is 6.99. The topological polar surface area (TPSA) is 58.9 Å². The van der Waals surface area contributed by atoms with Gasteiger partial charge >= 0.3 is 0 Å². The van der Waals surface area contributed by atoms with Crippen molar-refractivity contribution in [2.45, 2.75) is 37.1 Å². The molecule has 1 aromatic carbocycles. The fraction of sp³-hybridized carbons (Fsp3) is 0.571. The molecule has 1 aliphatic carbocycles. The van der Waals surface area contributed by atoms with Gasteiger partial charge in [-0.1, -0.05) is 18.2 Å². The van der Waals surface area contributed by atoms with E-state index in [-0.39, 0.29) is 5.75 Å². The molecule has 98 valence electrons. The Bertz CT molecular complexity index is 427. The molecule has 1 aromatic rings. The molecule has 4 heteroatoms. The summed E-state index contributed by atoms with van der Waals surface area (Å²) in [5.74, 6) is -0.333. The largest absolute Gasteiger partial charge is 0.508 e. The lowest BCUT2D eigenvalue weighted by Crippen LogP contribution is -2.42. The number of hydrogen-bond donors (Lipinski definition) is 2. The van der Waals surface area contributed by atoms with E-state index in [2.05, 4.69) is 0 Å². The first-order chi connectivity index (χ1) is 8.64. The zero-order valence-corrected chi connectivity index (χ0v) is 10.3. The molecular weight excluding hydrogens is 232 g/mol. The minimum absolute atomic E-state index is 0.157. The molecule has 3 rings (SSSR count). The summed E-state index contributed by atoms with van der Waals surface area (Å²) in [6.07, 6.45) is 2.42. The van der Waals surface area contributed by atoms with E-state index in [4.69, 9.17) is 9.47 Å². The van der Waals surface area contributed by atoms with Crippen molar-refractivity contribution in [2.24, 2.45) is 0 Å². The van der Waals surface area contributed by atoms with E-state index in [9.17, 15) is 10.2 Å². The molecule has 0 radical (unpaired) electrons. The first-order valence-electron chi connectivity index (χ1n) is 6.42. The number of rotatable bonds is 1. The Morgan fingerprint density at radius 2 is 1.56 bits per heavy atom. The fourth-order valence-electron chi connectivity index (χ4n) is 2.97. The van der Waals surface area contributed by atoms with Gasteiger partial charge in [-0.15, -0.1) is 0 Å². The summed E-state index contributed by atoms with van der Waals surface area (Å²) in [4.78, 5) is 0. The third-order valence-corrected chi connectivity index (χ3v) is 4.06. The van der Waals surface area contributed by atoms with E-state index in [1.54, 1.807) is 18.2 Å². The molecule has 1 spiro atoms. The lowest BCUT2D eigenvalue weighted by Gasteiger charge is -2.40.